The number of morpholine rings is 1. The summed E-state index contributed by atoms with van der Waals surface area (Å²) in [5.41, 5.74) is 4.74. The Hall–Kier alpha value is -2.81. The third-order valence-electron chi connectivity index (χ3n) is 6.80. The van der Waals surface area contributed by atoms with Gasteiger partial charge in [-0.1, -0.05) is 23.7 Å². The monoisotopic (exact) mass is 478 g/mol. The molecule has 2 aliphatic rings. The van der Waals surface area contributed by atoms with Crippen molar-refractivity contribution >= 4 is 33.8 Å². The van der Waals surface area contributed by atoms with E-state index in [-0.39, 0.29) is 0 Å². The van der Waals surface area contributed by atoms with Crippen molar-refractivity contribution in [2.24, 2.45) is 5.92 Å². The minimum atomic E-state index is 0.537. The molecule has 3 aromatic heterocycles. The number of pyridine rings is 1. The fraction of sp³-hybridized carbons (Fsp3) is 0.440. The molecule has 34 heavy (non-hydrogen) atoms. The highest BCUT2D eigenvalue weighted by Crippen LogP contribution is 2.28. The highest BCUT2D eigenvalue weighted by molar-refractivity contribution is 6.30. The van der Waals surface area contributed by atoms with Crippen molar-refractivity contribution in [3.8, 4) is 0 Å². The first-order valence-corrected chi connectivity index (χ1v) is 12.3. The van der Waals surface area contributed by atoms with E-state index in [0.717, 1.165) is 97.5 Å². The lowest BCUT2D eigenvalue weighted by atomic mass is 9.96. The fourth-order valence-corrected chi connectivity index (χ4v) is 4.97. The fourth-order valence-electron chi connectivity index (χ4n) is 4.85. The Bertz CT molecular complexity index is 1300. The summed E-state index contributed by atoms with van der Waals surface area (Å²) < 4.78 is 13.0. The van der Waals surface area contributed by atoms with Gasteiger partial charge in [0.05, 0.1) is 30.8 Å². The largest absolute Gasteiger partial charge is 0.381 e. The maximum atomic E-state index is 6.12. The predicted molar refractivity (Wildman–Crippen MR) is 131 cm³/mol. The van der Waals surface area contributed by atoms with Gasteiger partial charge >= 0.3 is 0 Å². The standard InChI is InChI=1S/C25H27ClN6O2/c26-19-3-1-17(2-4-19)13-22-21-15-20(31-7-11-34-12-8-31)16-27-24(21)25-29-28-23(32(25)30-22)14-18-5-9-33-10-6-18/h1-4,15-16,18H,5-14H2. The van der Waals surface area contributed by atoms with Crippen LogP contribution in [0, 0.1) is 5.92 Å². The summed E-state index contributed by atoms with van der Waals surface area (Å²) >= 11 is 6.12. The zero-order valence-electron chi connectivity index (χ0n) is 19.0. The van der Waals surface area contributed by atoms with Crippen molar-refractivity contribution in [2.45, 2.75) is 25.7 Å². The minimum Gasteiger partial charge on any atom is -0.381 e. The van der Waals surface area contributed by atoms with Crippen LogP contribution in [-0.2, 0) is 22.3 Å². The molecule has 0 bridgehead atoms. The summed E-state index contributed by atoms with van der Waals surface area (Å²) in [6.45, 7) is 4.79. The molecule has 0 saturated carbocycles. The summed E-state index contributed by atoms with van der Waals surface area (Å²) in [4.78, 5) is 7.19. The van der Waals surface area contributed by atoms with Crippen LogP contribution in [0.3, 0.4) is 0 Å². The number of anilines is 1. The molecule has 0 aliphatic carbocycles. The van der Waals surface area contributed by atoms with Crippen LogP contribution in [0.2, 0.25) is 5.02 Å². The molecule has 5 heterocycles. The number of hydrogen-bond acceptors (Lipinski definition) is 7. The van der Waals surface area contributed by atoms with Crippen molar-refractivity contribution in [3.05, 3.63) is 58.6 Å². The Labute approximate surface area is 202 Å². The Kier molecular flexibility index (Phi) is 6.03. The van der Waals surface area contributed by atoms with Gasteiger partial charge < -0.3 is 14.4 Å². The zero-order valence-corrected chi connectivity index (χ0v) is 19.7. The van der Waals surface area contributed by atoms with Crippen molar-refractivity contribution in [3.63, 3.8) is 0 Å². The molecule has 2 saturated heterocycles. The maximum absolute atomic E-state index is 6.12. The summed E-state index contributed by atoms with van der Waals surface area (Å²) in [6.07, 6.45) is 5.54. The Morgan fingerprint density at radius 3 is 2.53 bits per heavy atom. The second-order valence-corrected chi connectivity index (χ2v) is 9.49. The number of fused-ring (bicyclic) bond motifs is 3. The molecule has 9 heteroatoms. The summed E-state index contributed by atoms with van der Waals surface area (Å²) in [7, 11) is 0. The quantitative estimate of drug-likeness (QED) is 0.432. The van der Waals surface area contributed by atoms with Crippen LogP contribution in [0.15, 0.2) is 36.5 Å². The number of aromatic nitrogens is 5. The molecule has 4 aromatic rings. The molecule has 1 aromatic carbocycles. The SMILES string of the molecule is Clc1ccc(Cc2nn3c(CC4CCOCC4)nnc3c3ncc(N4CCOCC4)cc23)cc1. The number of ether oxygens (including phenoxy) is 2. The van der Waals surface area contributed by atoms with E-state index in [0.29, 0.717) is 18.0 Å². The van der Waals surface area contributed by atoms with Gasteiger partial charge in [0.15, 0.2) is 5.82 Å². The first-order valence-electron chi connectivity index (χ1n) is 11.9. The van der Waals surface area contributed by atoms with Gasteiger partial charge in [0.2, 0.25) is 5.65 Å². The maximum Gasteiger partial charge on any atom is 0.204 e. The molecule has 2 fully saturated rings. The normalized spacial score (nSPS) is 17.6. The third kappa shape index (κ3) is 4.33. The lowest BCUT2D eigenvalue weighted by Crippen LogP contribution is -2.36. The molecular weight excluding hydrogens is 452 g/mol. The second kappa shape index (κ2) is 9.44. The van der Waals surface area contributed by atoms with Crippen molar-refractivity contribution in [1.82, 2.24) is 24.8 Å². The Morgan fingerprint density at radius 2 is 1.74 bits per heavy atom. The van der Waals surface area contributed by atoms with Gasteiger partial charge in [-0.2, -0.15) is 9.61 Å². The number of rotatable bonds is 5. The highest BCUT2D eigenvalue weighted by Gasteiger charge is 2.22. The van der Waals surface area contributed by atoms with Crippen LogP contribution in [0.1, 0.15) is 29.9 Å². The van der Waals surface area contributed by atoms with Gasteiger partial charge in [0.1, 0.15) is 5.52 Å². The van der Waals surface area contributed by atoms with Crippen LogP contribution in [0.4, 0.5) is 5.69 Å². The first kappa shape index (κ1) is 21.7. The van der Waals surface area contributed by atoms with E-state index in [4.69, 9.17) is 31.2 Å². The third-order valence-corrected chi connectivity index (χ3v) is 7.05. The lowest BCUT2D eigenvalue weighted by Gasteiger charge is -2.28. The van der Waals surface area contributed by atoms with E-state index >= 15 is 0 Å². The molecule has 176 valence electrons. The van der Waals surface area contributed by atoms with Gasteiger partial charge in [-0.15, -0.1) is 10.2 Å². The van der Waals surface area contributed by atoms with E-state index < -0.39 is 0 Å². The molecule has 0 N–H and O–H groups in total. The molecular formula is C25H27ClN6O2. The lowest BCUT2D eigenvalue weighted by molar-refractivity contribution is 0.0658. The number of halogens is 1. The summed E-state index contributed by atoms with van der Waals surface area (Å²) in [6, 6.07) is 10.1. The average Bonchev–Trinajstić information content (AvgIpc) is 3.29. The molecule has 2 aliphatic heterocycles. The van der Waals surface area contributed by atoms with Crippen LogP contribution < -0.4 is 4.90 Å². The predicted octanol–water partition coefficient (Wildman–Crippen LogP) is 3.72. The highest BCUT2D eigenvalue weighted by atomic mass is 35.5. The topological polar surface area (TPSA) is 77.7 Å². The van der Waals surface area contributed by atoms with E-state index in [9.17, 15) is 0 Å². The average molecular weight is 479 g/mol. The van der Waals surface area contributed by atoms with E-state index in [1.165, 1.54) is 0 Å². The van der Waals surface area contributed by atoms with Crippen molar-refractivity contribution < 1.29 is 9.47 Å². The van der Waals surface area contributed by atoms with Crippen LogP contribution in [0.5, 0.6) is 0 Å². The smallest absolute Gasteiger partial charge is 0.204 e. The summed E-state index contributed by atoms with van der Waals surface area (Å²) in [5, 5.41) is 15.9. The number of nitrogens with zero attached hydrogens (tertiary/aromatic N) is 6. The molecule has 0 amide bonds. The van der Waals surface area contributed by atoms with Gasteiger partial charge in [-0.3, -0.25) is 0 Å². The van der Waals surface area contributed by atoms with Crippen molar-refractivity contribution in [1.29, 1.82) is 0 Å². The number of hydrogen-bond donors (Lipinski definition) is 0. The van der Waals surface area contributed by atoms with Crippen LogP contribution in [0.25, 0.3) is 16.6 Å². The van der Waals surface area contributed by atoms with E-state index in [1.54, 1.807) is 0 Å². The van der Waals surface area contributed by atoms with Gasteiger partial charge in [-0.05, 0) is 42.5 Å². The van der Waals surface area contributed by atoms with Gasteiger partial charge in [0.25, 0.3) is 0 Å². The van der Waals surface area contributed by atoms with Gasteiger partial charge in [0, 0.05) is 49.6 Å². The molecule has 0 spiro atoms. The van der Waals surface area contributed by atoms with Crippen LogP contribution >= 0.6 is 11.6 Å². The first-order chi connectivity index (χ1) is 16.7. The van der Waals surface area contributed by atoms with Gasteiger partial charge in [-0.25, -0.2) is 4.98 Å². The summed E-state index contributed by atoms with van der Waals surface area (Å²) in [5.74, 6) is 1.43. The molecule has 0 atom stereocenters. The molecule has 6 rings (SSSR count). The number of benzene rings is 1. The molecule has 8 nitrogen and oxygen atoms in total. The minimum absolute atomic E-state index is 0.537. The Morgan fingerprint density at radius 1 is 0.971 bits per heavy atom. The van der Waals surface area contributed by atoms with Crippen LogP contribution in [-0.4, -0.2) is 64.3 Å². The zero-order chi connectivity index (χ0) is 22.9. The van der Waals surface area contributed by atoms with E-state index in [2.05, 4.69) is 21.2 Å². The Balaban J connectivity index is 1.45. The second-order valence-electron chi connectivity index (χ2n) is 9.05. The van der Waals surface area contributed by atoms with Crippen molar-refractivity contribution in [2.75, 3.05) is 44.4 Å². The van der Waals surface area contributed by atoms with E-state index in [1.807, 2.05) is 35.0 Å². The molecule has 0 radical (unpaired) electrons. The molecule has 0 unspecified atom stereocenters.